The van der Waals surface area contributed by atoms with Crippen molar-refractivity contribution in [3.63, 3.8) is 0 Å². The molecule has 2 atom stereocenters. The Kier molecular flexibility index (Phi) is 5.64. The second kappa shape index (κ2) is 7.85. The maximum Gasteiger partial charge on any atom is 0.258 e. The van der Waals surface area contributed by atoms with E-state index < -0.39 is 18.1 Å². The van der Waals surface area contributed by atoms with E-state index in [1.54, 1.807) is 6.07 Å². The first-order valence-electron chi connectivity index (χ1n) is 9.88. The molecule has 2 aliphatic heterocycles. The van der Waals surface area contributed by atoms with Crippen LogP contribution in [0.5, 0.6) is 0 Å². The van der Waals surface area contributed by atoms with Crippen molar-refractivity contribution in [2.45, 2.75) is 65.7 Å². The van der Waals surface area contributed by atoms with Crippen LogP contribution in [0.3, 0.4) is 0 Å². The smallest absolute Gasteiger partial charge is 0.258 e. The molecule has 8 nitrogen and oxygen atoms in total. The lowest BCUT2D eigenvalue weighted by atomic mass is 9.92. The molecule has 0 spiro atoms. The van der Waals surface area contributed by atoms with Crippen molar-refractivity contribution in [2.24, 2.45) is 5.41 Å². The van der Waals surface area contributed by atoms with Gasteiger partial charge >= 0.3 is 0 Å². The number of anilines is 1. The molecule has 1 fully saturated rings. The molecule has 2 heterocycles. The summed E-state index contributed by atoms with van der Waals surface area (Å²) in [6.07, 6.45) is 0.477. The van der Waals surface area contributed by atoms with E-state index in [4.69, 9.17) is 0 Å². The number of fused-ring (bicyclic) bond motifs is 1. The summed E-state index contributed by atoms with van der Waals surface area (Å²) in [5.41, 5.74) is 1.68. The van der Waals surface area contributed by atoms with Gasteiger partial charge in [0.2, 0.25) is 17.7 Å². The molecule has 0 aliphatic carbocycles. The zero-order valence-corrected chi connectivity index (χ0v) is 17.3. The van der Waals surface area contributed by atoms with Crippen molar-refractivity contribution >= 4 is 29.3 Å². The number of imide groups is 1. The molecule has 4 amide bonds. The highest BCUT2D eigenvalue weighted by Gasteiger charge is 2.41. The third kappa shape index (κ3) is 4.58. The van der Waals surface area contributed by atoms with Crippen molar-refractivity contribution in [3.05, 3.63) is 29.3 Å². The summed E-state index contributed by atoms with van der Waals surface area (Å²) in [5, 5.41) is 8.46. The van der Waals surface area contributed by atoms with Crippen LogP contribution in [-0.2, 0) is 20.9 Å². The Balaban J connectivity index is 1.83. The minimum absolute atomic E-state index is 0.0817. The number of benzene rings is 1. The van der Waals surface area contributed by atoms with Crippen LogP contribution in [0.1, 0.15) is 62.9 Å². The molecule has 0 bridgehead atoms. The summed E-state index contributed by atoms with van der Waals surface area (Å²) >= 11 is 0. The largest absolute Gasteiger partial charge is 0.365 e. The van der Waals surface area contributed by atoms with Crippen molar-refractivity contribution in [1.82, 2.24) is 15.5 Å². The van der Waals surface area contributed by atoms with E-state index in [1.807, 2.05) is 39.8 Å². The number of piperidine rings is 1. The second-order valence-corrected chi connectivity index (χ2v) is 8.85. The van der Waals surface area contributed by atoms with E-state index >= 15 is 0 Å². The predicted octanol–water partition coefficient (Wildman–Crippen LogP) is 1.76. The summed E-state index contributed by atoms with van der Waals surface area (Å²) in [4.78, 5) is 50.9. The van der Waals surface area contributed by atoms with Gasteiger partial charge in [-0.25, -0.2) is 0 Å². The highest BCUT2D eigenvalue weighted by atomic mass is 16.2. The van der Waals surface area contributed by atoms with Crippen LogP contribution in [0.15, 0.2) is 18.2 Å². The SMILES string of the molecule is CC1Nc2cccc(CNC(=O)CC(C)(C)C)c2C(=O)N1C1CCC(=O)NC1=O. The van der Waals surface area contributed by atoms with Crippen molar-refractivity contribution in [1.29, 1.82) is 0 Å². The first kappa shape index (κ1) is 20.8. The molecule has 8 heteroatoms. The molecule has 1 aromatic rings. The first-order chi connectivity index (χ1) is 13.6. The van der Waals surface area contributed by atoms with Gasteiger partial charge in [0.25, 0.3) is 5.91 Å². The second-order valence-electron chi connectivity index (χ2n) is 8.85. The lowest BCUT2D eigenvalue weighted by molar-refractivity contribution is -0.137. The third-order valence-corrected chi connectivity index (χ3v) is 5.09. The molecule has 0 radical (unpaired) electrons. The van der Waals surface area contributed by atoms with E-state index in [2.05, 4.69) is 16.0 Å². The third-order valence-electron chi connectivity index (χ3n) is 5.09. The Bertz CT molecular complexity index is 859. The fourth-order valence-electron chi connectivity index (χ4n) is 3.82. The van der Waals surface area contributed by atoms with Gasteiger partial charge in [0.15, 0.2) is 0 Å². The van der Waals surface area contributed by atoms with E-state index in [1.165, 1.54) is 4.90 Å². The molecular weight excluding hydrogens is 372 g/mol. The summed E-state index contributed by atoms with van der Waals surface area (Å²) in [7, 11) is 0. The average Bonchev–Trinajstić information content (AvgIpc) is 2.60. The summed E-state index contributed by atoms with van der Waals surface area (Å²) in [5.74, 6) is -1.13. The van der Waals surface area contributed by atoms with Gasteiger partial charge in [-0.2, -0.15) is 0 Å². The van der Waals surface area contributed by atoms with Crippen LogP contribution < -0.4 is 16.0 Å². The Morgan fingerprint density at radius 1 is 1.24 bits per heavy atom. The molecule has 0 aromatic heterocycles. The van der Waals surface area contributed by atoms with Gasteiger partial charge in [-0.05, 0) is 30.4 Å². The van der Waals surface area contributed by atoms with Gasteiger partial charge in [0.1, 0.15) is 6.04 Å². The van der Waals surface area contributed by atoms with Crippen LogP contribution in [0.25, 0.3) is 0 Å². The standard InChI is InChI=1S/C21H28N4O4/c1-12-23-14-7-5-6-13(11-22-17(27)10-21(2,3)4)18(14)20(29)25(12)15-8-9-16(26)24-19(15)28/h5-7,12,15,23H,8-11H2,1-4H3,(H,22,27)(H,24,26,28). The normalized spacial score (nSPS) is 21.9. The maximum atomic E-state index is 13.4. The van der Waals surface area contributed by atoms with Gasteiger partial charge in [-0.15, -0.1) is 0 Å². The van der Waals surface area contributed by atoms with Crippen molar-refractivity contribution in [3.8, 4) is 0 Å². The first-order valence-corrected chi connectivity index (χ1v) is 9.88. The van der Waals surface area contributed by atoms with Gasteiger partial charge in [-0.1, -0.05) is 32.9 Å². The maximum absolute atomic E-state index is 13.4. The fraction of sp³-hybridized carbons (Fsp3) is 0.524. The number of amides is 4. The molecule has 2 unspecified atom stereocenters. The summed E-state index contributed by atoms with van der Waals surface area (Å²) in [6, 6.07) is 4.73. The van der Waals surface area contributed by atoms with Gasteiger partial charge in [0.05, 0.1) is 11.7 Å². The Hall–Kier alpha value is -2.90. The Morgan fingerprint density at radius 3 is 2.62 bits per heavy atom. The number of rotatable bonds is 4. The molecule has 29 heavy (non-hydrogen) atoms. The van der Waals surface area contributed by atoms with Gasteiger partial charge in [0, 0.05) is 25.1 Å². The molecule has 1 aromatic carbocycles. The zero-order chi connectivity index (χ0) is 21.3. The predicted molar refractivity (Wildman–Crippen MR) is 108 cm³/mol. The average molecular weight is 400 g/mol. The van der Waals surface area contributed by atoms with Gasteiger partial charge in [-0.3, -0.25) is 24.5 Å². The highest BCUT2D eigenvalue weighted by molar-refractivity contribution is 6.07. The van der Waals surface area contributed by atoms with E-state index in [0.29, 0.717) is 29.7 Å². The molecule has 1 saturated heterocycles. The van der Waals surface area contributed by atoms with Crippen LogP contribution in [0.2, 0.25) is 0 Å². The molecule has 156 valence electrons. The van der Waals surface area contributed by atoms with E-state index in [9.17, 15) is 19.2 Å². The monoisotopic (exact) mass is 400 g/mol. The topological polar surface area (TPSA) is 108 Å². The number of carbonyl (C=O) groups excluding carboxylic acids is 4. The number of carbonyl (C=O) groups is 4. The minimum Gasteiger partial charge on any atom is -0.365 e. The van der Waals surface area contributed by atoms with Crippen LogP contribution in [-0.4, -0.2) is 40.7 Å². The molecule has 0 saturated carbocycles. The minimum atomic E-state index is -0.709. The lowest BCUT2D eigenvalue weighted by Gasteiger charge is -2.41. The zero-order valence-electron chi connectivity index (χ0n) is 17.3. The molecule has 3 N–H and O–H groups in total. The Labute approximate surface area is 170 Å². The number of nitrogens with zero attached hydrogens (tertiary/aromatic N) is 1. The fourth-order valence-corrected chi connectivity index (χ4v) is 3.82. The Morgan fingerprint density at radius 2 is 1.97 bits per heavy atom. The summed E-state index contributed by atoms with van der Waals surface area (Å²) in [6.45, 7) is 8.00. The number of hydrogen-bond donors (Lipinski definition) is 3. The quantitative estimate of drug-likeness (QED) is 0.668. The summed E-state index contributed by atoms with van der Waals surface area (Å²) < 4.78 is 0. The van der Waals surface area contributed by atoms with Gasteiger partial charge < -0.3 is 15.5 Å². The lowest BCUT2D eigenvalue weighted by Crippen LogP contribution is -2.60. The number of nitrogens with one attached hydrogen (secondary N) is 3. The van der Waals surface area contributed by atoms with Crippen molar-refractivity contribution in [2.75, 3.05) is 5.32 Å². The van der Waals surface area contributed by atoms with Crippen LogP contribution >= 0.6 is 0 Å². The molecule has 3 rings (SSSR count). The molecular formula is C21H28N4O4. The van der Waals surface area contributed by atoms with Crippen LogP contribution in [0, 0.1) is 5.41 Å². The van der Waals surface area contributed by atoms with E-state index in [-0.39, 0.29) is 36.1 Å². The number of hydrogen-bond acceptors (Lipinski definition) is 5. The van der Waals surface area contributed by atoms with E-state index in [0.717, 1.165) is 0 Å². The molecule has 2 aliphatic rings. The van der Waals surface area contributed by atoms with Crippen molar-refractivity contribution < 1.29 is 19.2 Å². The highest BCUT2D eigenvalue weighted by Crippen LogP contribution is 2.31. The van der Waals surface area contributed by atoms with Crippen LogP contribution in [0.4, 0.5) is 5.69 Å².